The Bertz CT molecular complexity index is 389. The van der Waals surface area contributed by atoms with E-state index in [2.05, 4.69) is 0 Å². The Morgan fingerprint density at radius 3 is 2.86 bits per heavy atom. The molecule has 4 nitrogen and oxygen atoms in total. The van der Waals surface area contributed by atoms with E-state index in [1.165, 1.54) is 12.0 Å². The van der Waals surface area contributed by atoms with Crippen molar-refractivity contribution >= 4 is 5.91 Å². The van der Waals surface area contributed by atoms with E-state index in [0.717, 1.165) is 0 Å². The Labute approximate surface area is 81.7 Å². The molecule has 4 heteroatoms. The van der Waals surface area contributed by atoms with Gasteiger partial charge in [0.2, 0.25) is 0 Å². The number of benzene rings is 1. The van der Waals surface area contributed by atoms with Gasteiger partial charge < -0.3 is 14.7 Å². The SMILES string of the molecule is COc1cccc2c1[C@@H](O)N(C)C2=O. The van der Waals surface area contributed by atoms with Gasteiger partial charge in [0.1, 0.15) is 5.75 Å². The minimum absolute atomic E-state index is 0.175. The monoisotopic (exact) mass is 193 g/mol. The Kier molecular flexibility index (Phi) is 1.93. The highest BCUT2D eigenvalue weighted by molar-refractivity contribution is 5.99. The van der Waals surface area contributed by atoms with Crippen molar-refractivity contribution < 1.29 is 14.6 Å². The van der Waals surface area contributed by atoms with Gasteiger partial charge in [-0.05, 0) is 12.1 Å². The lowest BCUT2D eigenvalue weighted by Gasteiger charge is -2.15. The number of hydrogen-bond donors (Lipinski definition) is 1. The van der Waals surface area contributed by atoms with Crippen molar-refractivity contribution in [3.63, 3.8) is 0 Å². The number of nitrogens with zero attached hydrogens (tertiary/aromatic N) is 1. The van der Waals surface area contributed by atoms with Crippen molar-refractivity contribution in [2.45, 2.75) is 6.23 Å². The van der Waals surface area contributed by atoms with E-state index in [4.69, 9.17) is 4.74 Å². The minimum Gasteiger partial charge on any atom is -0.496 e. The number of fused-ring (bicyclic) bond motifs is 1. The molecule has 2 rings (SSSR count). The van der Waals surface area contributed by atoms with Gasteiger partial charge in [0, 0.05) is 7.05 Å². The van der Waals surface area contributed by atoms with Crippen LogP contribution in [-0.4, -0.2) is 30.1 Å². The summed E-state index contributed by atoms with van der Waals surface area (Å²) in [5.74, 6) is 0.374. The quantitative estimate of drug-likeness (QED) is 0.716. The minimum atomic E-state index is -0.895. The number of carbonyl (C=O) groups excluding carboxylic acids is 1. The maximum absolute atomic E-state index is 11.6. The molecule has 0 bridgehead atoms. The summed E-state index contributed by atoms with van der Waals surface area (Å²) in [7, 11) is 3.08. The highest BCUT2D eigenvalue weighted by Gasteiger charge is 2.35. The molecule has 1 aliphatic rings. The fraction of sp³-hybridized carbons (Fsp3) is 0.300. The molecule has 14 heavy (non-hydrogen) atoms. The van der Waals surface area contributed by atoms with Gasteiger partial charge >= 0.3 is 0 Å². The molecule has 0 fully saturated rings. The zero-order valence-corrected chi connectivity index (χ0v) is 8.02. The van der Waals surface area contributed by atoms with E-state index in [-0.39, 0.29) is 5.91 Å². The number of aliphatic hydroxyl groups is 1. The lowest BCUT2D eigenvalue weighted by molar-refractivity contribution is 0.0293. The second-order valence-corrected chi connectivity index (χ2v) is 3.21. The Balaban J connectivity index is 2.63. The van der Waals surface area contributed by atoms with Crippen LogP contribution in [0.3, 0.4) is 0 Å². The molecule has 74 valence electrons. The molecule has 0 spiro atoms. The van der Waals surface area contributed by atoms with Gasteiger partial charge in [-0.15, -0.1) is 0 Å². The van der Waals surface area contributed by atoms with E-state index in [9.17, 15) is 9.90 Å². The number of aliphatic hydroxyl groups excluding tert-OH is 1. The van der Waals surface area contributed by atoms with Crippen LogP contribution in [0.25, 0.3) is 0 Å². The molecular weight excluding hydrogens is 182 g/mol. The van der Waals surface area contributed by atoms with E-state index in [1.54, 1.807) is 25.2 Å². The first kappa shape index (κ1) is 9.02. The lowest BCUT2D eigenvalue weighted by atomic mass is 10.1. The highest BCUT2D eigenvalue weighted by atomic mass is 16.5. The van der Waals surface area contributed by atoms with Gasteiger partial charge in [-0.3, -0.25) is 4.79 Å². The first-order valence-corrected chi connectivity index (χ1v) is 4.29. The van der Waals surface area contributed by atoms with Crippen LogP contribution in [0.2, 0.25) is 0 Å². The smallest absolute Gasteiger partial charge is 0.256 e. The Morgan fingerprint density at radius 1 is 1.50 bits per heavy atom. The van der Waals surface area contributed by atoms with Gasteiger partial charge in [0.05, 0.1) is 18.2 Å². The molecule has 0 saturated carbocycles. The summed E-state index contributed by atoms with van der Waals surface area (Å²) in [6.45, 7) is 0. The van der Waals surface area contributed by atoms with E-state index >= 15 is 0 Å². The zero-order valence-electron chi connectivity index (χ0n) is 8.02. The Hall–Kier alpha value is -1.55. The summed E-state index contributed by atoms with van der Waals surface area (Å²) in [6.07, 6.45) is -0.895. The molecule has 0 aliphatic carbocycles. The number of hydrogen-bond acceptors (Lipinski definition) is 3. The number of methoxy groups -OCH3 is 1. The number of ether oxygens (including phenoxy) is 1. The van der Waals surface area contributed by atoms with Crippen molar-refractivity contribution in [1.82, 2.24) is 4.90 Å². The summed E-state index contributed by atoms with van der Waals surface area (Å²) >= 11 is 0. The second kappa shape index (κ2) is 2.99. The molecule has 1 amide bonds. The third-order valence-corrected chi connectivity index (χ3v) is 2.46. The maximum Gasteiger partial charge on any atom is 0.256 e. The number of rotatable bonds is 1. The summed E-state index contributed by atoms with van der Waals surface area (Å²) in [4.78, 5) is 12.9. The average Bonchev–Trinajstić information content (AvgIpc) is 2.44. The highest BCUT2D eigenvalue weighted by Crippen LogP contribution is 2.36. The van der Waals surface area contributed by atoms with Crippen molar-refractivity contribution in [1.29, 1.82) is 0 Å². The molecule has 0 radical (unpaired) electrons. The lowest BCUT2D eigenvalue weighted by Crippen LogP contribution is -2.22. The molecule has 1 heterocycles. The first-order valence-electron chi connectivity index (χ1n) is 4.29. The second-order valence-electron chi connectivity index (χ2n) is 3.21. The van der Waals surface area contributed by atoms with Crippen LogP contribution >= 0.6 is 0 Å². The third kappa shape index (κ3) is 1.01. The van der Waals surface area contributed by atoms with Crippen LogP contribution in [0.1, 0.15) is 22.1 Å². The summed E-state index contributed by atoms with van der Waals surface area (Å²) < 4.78 is 5.09. The molecule has 0 saturated heterocycles. The summed E-state index contributed by atoms with van der Waals surface area (Å²) in [6, 6.07) is 5.16. The molecular formula is C10H11NO3. The zero-order chi connectivity index (χ0) is 10.3. The number of amides is 1. The molecule has 1 aromatic carbocycles. The predicted octanol–water partition coefficient (Wildman–Crippen LogP) is 0.772. The largest absolute Gasteiger partial charge is 0.496 e. The van der Waals surface area contributed by atoms with Gasteiger partial charge in [-0.1, -0.05) is 6.07 Å². The van der Waals surface area contributed by atoms with E-state index in [1.807, 2.05) is 0 Å². The first-order chi connectivity index (χ1) is 6.66. The van der Waals surface area contributed by atoms with Gasteiger partial charge in [-0.25, -0.2) is 0 Å². The van der Waals surface area contributed by atoms with Crippen LogP contribution in [0.4, 0.5) is 0 Å². The fourth-order valence-corrected chi connectivity index (χ4v) is 1.67. The van der Waals surface area contributed by atoms with E-state index < -0.39 is 6.23 Å². The number of carbonyl (C=O) groups is 1. The van der Waals surface area contributed by atoms with E-state index in [0.29, 0.717) is 16.9 Å². The van der Waals surface area contributed by atoms with Crippen LogP contribution in [0.15, 0.2) is 18.2 Å². The van der Waals surface area contributed by atoms with Crippen molar-refractivity contribution in [3.8, 4) is 5.75 Å². The standard InChI is InChI=1S/C10H11NO3/c1-11-9(12)6-4-3-5-7(14-2)8(6)10(11)13/h3-5,10,13H,1-2H3/t10-/m1/s1. The molecule has 1 aliphatic heterocycles. The fourth-order valence-electron chi connectivity index (χ4n) is 1.67. The van der Waals surface area contributed by atoms with Gasteiger partial charge in [0.15, 0.2) is 6.23 Å². The molecule has 1 N–H and O–H groups in total. The van der Waals surface area contributed by atoms with Crippen molar-refractivity contribution in [2.75, 3.05) is 14.2 Å². The van der Waals surface area contributed by atoms with Crippen molar-refractivity contribution in [3.05, 3.63) is 29.3 Å². The predicted molar refractivity (Wildman–Crippen MR) is 50.0 cm³/mol. The van der Waals surface area contributed by atoms with Crippen LogP contribution < -0.4 is 4.74 Å². The van der Waals surface area contributed by atoms with Crippen LogP contribution in [0.5, 0.6) is 5.75 Å². The maximum atomic E-state index is 11.6. The molecule has 0 unspecified atom stereocenters. The normalized spacial score (nSPS) is 19.8. The van der Waals surface area contributed by atoms with Gasteiger partial charge in [0.25, 0.3) is 5.91 Å². The molecule has 1 atom stereocenters. The van der Waals surface area contributed by atoms with Crippen LogP contribution in [0, 0.1) is 0 Å². The summed E-state index contributed by atoms with van der Waals surface area (Å²) in [5, 5.41) is 9.76. The van der Waals surface area contributed by atoms with Crippen molar-refractivity contribution in [2.24, 2.45) is 0 Å². The third-order valence-electron chi connectivity index (χ3n) is 2.46. The van der Waals surface area contributed by atoms with Gasteiger partial charge in [-0.2, -0.15) is 0 Å². The van der Waals surface area contributed by atoms with Crippen LogP contribution in [-0.2, 0) is 0 Å². The topological polar surface area (TPSA) is 49.8 Å². The Morgan fingerprint density at radius 2 is 2.21 bits per heavy atom. The average molecular weight is 193 g/mol. The molecule has 0 aromatic heterocycles. The summed E-state index contributed by atoms with van der Waals surface area (Å²) in [5.41, 5.74) is 1.07. The molecule has 1 aromatic rings.